The van der Waals surface area contributed by atoms with E-state index >= 15 is 0 Å². The summed E-state index contributed by atoms with van der Waals surface area (Å²) in [6.07, 6.45) is 1.70. The van der Waals surface area contributed by atoms with Gasteiger partial charge in [-0.1, -0.05) is 13.8 Å². The van der Waals surface area contributed by atoms with Gasteiger partial charge in [0.25, 0.3) is 11.4 Å². The number of carbonyl (C=O) groups excluding carboxylic acids is 2. The molecule has 0 aliphatic carbocycles. The maximum atomic E-state index is 12.5. The third kappa shape index (κ3) is 9.07. The van der Waals surface area contributed by atoms with Crippen molar-refractivity contribution >= 4 is 34.5 Å². The van der Waals surface area contributed by atoms with Crippen LogP contribution in [0.4, 0.5) is 11.4 Å². The van der Waals surface area contributed by atoms with E-state index in [0.29, 0.717) is 38.4 Å². The summed E-state index contributed by atoms with van der Waals surface area (Å²) in [6, 6.07) is 7.92. The fraction of sp³-hybridized carbons (Fsp3) is 0.462. The second-order valence-electron chi connectivity index (χ2n) is 8.45. The van der Waals surface area contributed by atoms with Crippen LogP contribution in [0.25, 0.3) is 0 Å². The molecule has 0 fully saturated rings. The third-order valence-corrected chi connectivity index (χ3v) is 5.80. The van der Waals surface area contributed by atoms with Crippen molar-refractivity contribution in [1.82, 2.24) is 4.90 Å². The van der Waals surface area contributed by atoms with Gasteiger partial charge < -0.3 is 9.47 Å². The van der Waals surface area contributed by atoms with E-state index in [2.05, 4.69) is 0 Å². The van der Waals surface area contributed by atoms with Crippen LogP contribution in [0.15, 0.2) is 36.4 Å². The van der Waals surface area contributed by atoms with Gasteiger partial charge in [-0.05, 0) is 25.0 Å². The molecule has 12 heteroatoms. The summed E-state index contributed by atoms with van der Waals surface area (Å²) in [5.41, 5.74) is -0.00653. The highest BCUT2D eigenvalue weighted by atomic mass is 35.5. The molecule has 2 rings (SSSR count). The highest BCUT2D eigenvalue weighted by Gasteiger charge is 2.19. The molecule has 206 valence electrons. The molecule has 0 unspecified atom stereocenters. The lowest BCUT2D eigenvalue weighted by molar-refractivity contribution is -0.385. The van der Waals surface area contributed by atoms with Crippen molar-refractivity contribution in [2.24, 2.45) is 0 Å². The van der Waals surface area contributed by atoms with Gasteiger partial charge in [-0.2, -0.15) is 0 Å². The molecule has 38 heavy (non-hydrogen) atoms. The summed E-state index contributed by atoms with van der Waals surface area (Å²) in [4.78, 5) is 48.1. The number of non-ortho nitro benzene ring substituents is 2. The smallest absolute Gasteiger partial charge is 0.270 e. The zero-order valence-corrected chi connectivity index (χ0v) is 22.3. The molecule has 0 aliphatic rings. The number of ether oxygens (including phenoxy) is 2. The van der Waals surface area contributed by atoms with E-state index < -0.39 is 9.85 Å². The Labute approximate surface area is 226 Å². The standard InChI is InChI=1S/C26H32ClN3O8/c1-3-5-23(31)21-17-19(29(33)34)7-9-25(21)37-15-13-28(12-11-27)14-16-38-26-10-8-20(30(35)36)18-22(26)24(32)6-4-2/h7-10,17-18H,3-6,11-16H2,1-2H3. The molecule has 0 saturated carbocycles. The first kappa shape index (κ1) is 30.7. The predicted molar refractivity (Wildman–Crippen MR) is 143 cm³/mol. The summed E-state index contributed by atoms with van der Waals surface area (Å²) >= 11 is 5.95. The monoisotopic (exact) mass is 549 g/mol. The molecule has 0 heterocycles. The van der Waals surface area contributed by atoms with Crippen LogP contribution in [0.2, 0.25) is 0 Å². The normalized spacial score (nSPS) is 10.8. The first-order chi connectivity index (χ1) is 18.2. The molecule has 0 spiro atoms. The summed E-state index contributed by atoms with van der Waals surface area (Å²) in [5, 5.41) is 22.3. The number of halogens is 1. The van der Waals surface area contributed by atoms with E-state index in [4.69, 9.17) is 21.1 Å². The quantitative estimate of drug-likeness (QED) is 0.102. The molecule has 2 aromatic rings. The number of Topliss-reactive ketones (excluding diaryl/α,β-unsaturated/α-hetero) is 2. The van der Waals surface area contributed by atoms with Gasteiger partial charge in [-0.25, -0.2) is 0 Å². The Bertz CT molecular complexity index is 1060. The Hall–Kier alpha value is -3.57. The number of nitro benzene ring substituents is 2. The van der Waals surface area contributed by atoms with E-state index in [0.717, 1.165) is 0 Å². The van der Waals surface area contributed by atoms with Crippen molar-refractivity contribution in [3.05, 3.63) is 67.8 Å². The lowest BCUT2D eigenvalue weighted by atomic mass is 10.1. The Kier molecular flexibility index (Phi) is 12.6. The number of nitrogens with zero attached hydrogens (tertiary/aromatic N) is 3. The first-order valence-corrected chi connectivity index (χ1v) is 12.9. The fourth-order valence-corrected chi connectivity index (χ4v) is 3.94. The number of rotatable bonds is 18. The van der Waals surface area contributed by atoms with E-state index in [1.165, 1.54) is 36.4 Å². The van der Waals surface area contributed by atoms with Crippen LogP contribution in [-0.2, 0) is 0 Å². The minimum Gasteiger partial charge on any atom is -0.491 e. The van der Waals surface area contributed by atoms with Crippen molar-refractivity contribution < 1.29 is 28.9 Å². The van der Waals surface area contributed by atoms with Crippen LogP contribution in [0, 0.1) is 20.2 Å². The Morgan fingerprint density at radius 1 is 0.789 bits per heavy atom. The van der Waals surface area contributed by atoms with Crippen LogP contribution in [-0.4, -0.2) is 65.0 Å². The fourth-order valence-electron chi connectivity index (χ4n) is 3.70. The molecule has 0 N–H and O–H groups in total. The van der Waals surface area contributed by atoms with E-state index in [-0.39, 0.29) is 71.6 Å². The van der Waals surface area contributed by atoms with Gasteiger partial charge in [0.2, 0.25) is 0 Å². The van der Waals surface area contributed by atoms with Gasteiger partial charge in [0, 0.05) is 62.6 Å². The second kappa shape index (κ2) is 15.6. The Morgan fingerprint density at radius 3 is 1.55 bits per heavy atom. The Morgan fingerprint density at radius 2 is 1.21 bits per heavy atom. The zero-order valence-electron chi connectivity index (χ0n) is 21.5. The number of ketones is 2. The minimum absolute atomic E-state index is 0.177. The summed E-state index contributed by atoms with van der Waals surface area (Å²) < 4.78 is 11.6. The van der Waals surface area contributed by atoms with Gasteiger partial charge in [-0.15, -0.1) is 11.6 Å². The maximum absolute atomic E-state index is 12.5. The van der Waals surface area contributed by atoms with Gasteiger partial charge in [0.15, 0.2) is 11.6 Å². The Balaban J connectivity index is 2.03. The summed E-state index contributed by atoms with van der Waals surface area (Å²) in [5.74, 6) is 0.444. The summed E-state index contributed by atoms with van der Waals surface area (Å²) in [6.45, 7) is 5.45. The predicted octanol–water partition coefficient (Wildman–Crippen LogP) is 5.47. The lowest BCUT2D eigenvalue weighted by Gasteiger charge is -2.22. The number of benzene rings is 2. The zero-order chi connectivity index (χ0) is 28.1. The molecule has 0 amide bonds. The third-order valence-electron chi connectivity index (χ3n) is 5.63. The van der Waals surface area contributed by atoms with Crippen molar-refractivity contribution in [3.63, 3.8) is 0 Å². The van der Waals surface area contributed by atoms with Gasteiger partial charge in [-0.3, -0.25) is 34.7 Å². The van der Waals surface area contributed by atoms with Crippen LogP contribution >= 0.6 is 11.6 Å². The van der Waals surface area contributed by atoms with Crippen LogP contribution in [0.5, 0.6) is 11.5 Å². The average Bonchev–Trinajstić information content (AvgIpc) is 2.89. The topological polar surface area (TPSA) is 142 Å². The number of carbonyl (C=O) groups is 2. The van der Waals surface area contributed by atoms with Gasteiger partial charge in [0.1, 0.15) is 24.7 Å². The molecule has 0 aliphatic heterocycles. The second-order valence-corrected chi connectivity index (χ2v) is 8.83. The molecule has 0 atom stereocenters. The van der Waals surface area contributed by atoms with Crippen molar-refractivity contribution in [2.45, 2.75) is 39.5 Å². The maximum Gasteiger partial charge on any atom is 0.270 e. The molecule has 2 aromatic carbocycles. The lowest BCUT2D eigenvalue weighted by Crippen LogP contribution is -2.34. The minimum atomic E-state index is -0.555. The van der Waals surface area contributed by atoms with E-state index in [9.17, 15) is 29.8 Å². The van der Waals surface area contributed by atoms with Crippen molar-refractivity contribution in [3.8, 4) is 11.5 Å². The molecule has 0 aromatic heterocycles. The molecule has 11 nitrogen and oxygen atoms in total. The SMILES string of the molecule is CCCC(=O)c1cc([N+](=O)[O-])ccc1OCCN(CCCl)CCOc1ccc([N+](=O)[O-])cc1C(=O)CCC. The van der Waals surface area contributed by atoms with E-state index in [1.54, 1.807) is 0 Å². The number of alkyl halides is 1. The van der Waals surface area contributed by atoms with Crippen molar-refractivity contribution in [1.29, 1.82) is 0 Å². The number of hydrogen-bond donors (Lipinski definition) is 0. The molecular weight excluding hydrogens is 518 g/mol. The largest absolute Gasteiger partial charge is 0.491 e. The molecule has 0 saturated heterocycles. The van der Waals surface area contributed by atoms with Gasteiger partial charge >= 0.3 is 0 Å². The van der Waals surface area contributed by atoms with Crippen molar-refractivity contribution in [2.75, 3.05) is 38.7 Å². The average molecular weight is 550 g/mol. The number of hydrogen-bond acceptors (Lipinski definition) is 9. The highest BCUT2D eigenvalue weighted by molar-refractivity contribution is 6.18. The molecular formula is C26H32ClN3O8. The molecule has 0 radical (unpaired) electrons. The van der Waals surface area contributed by atoms with E-state index in [1.807, 2.05) is 18.7 Å². The van der Waals surface area contributed by atoms with Gasteiger partial charge in [0.05, 0.1) is 21.0 Å². The van der Waals surface area contributed by atoms with Crippen LogP contribution in [0.1, 0.15) is 60.2 Å². The van der Waals surface area contributed by atoms with Crippen LogP contribution in [0.3, 0.4) is 0 Å². The number of nitro groups is 2. The van der Waals surface area contributed by atoms with Crippen LogP contribution < -0.4 is 9.47 Å². The molecule has 0 bridgehead atoms. The highest BCUT2D eigenvalue weighted by Crippen LogP contribution is 2.27. The first-order valence-electron chi connectivity index (χ1n) is 12.4. The summed E-state index contributed by atoms with van der Waals surface area (Å²) in [7, 11) is 0.